The van der Waals surface area contributed by atoms with Crippen molar-refractivity contribution in [3.8, 4) is 0 Å². The standard InChI is InChI=1S/C59H67N/c1-3-45(47-23-11-5-12-24-47)39-54(49-27-15-7-16-28-49)41-56(51-31-19-9-20-32-51)43-58(53-35-37-59(60)38-36-53)44-57(52-33-21-10-22-34-52)42-55(50-29-17-8-18-30-50)40-46(4-2)48-25-13-6-14-26-48/h5-21,23-33,35-38,45-46,54-58H,3-4,22,34,39-44,60H2,1-2H3. The molecule has 0 saturated carbocycles. The third-order valence-electron chi connectivity index (χ3n) is 13.7. The molecule has 0 fully saturated rings. The van der Waals surface area contributed by atoms with E-state index in [0.29, 0.717) is 41.4 Å². The zero-order valence-corrected chi connectivity index (χ0v) is 36.2. The summed E-state index contributed by atoms with van der Waals surface area (Å²) in [5.74, 6) is 3.13. The average Bonchev–Trinajstić information content (AvgIpc) is 3.32. The maximum atomic E-state index is 6.40. The Kier molecular flexibility index (Phi) is 15.9. The highest BCUT2D eigenvalue weighted by Gasteiger charge is 2.31. The van der Waals surface area contributed by atoms with Crippen molar-refractivity contribution in [3.05, 3.63) is 233 Å². The van der Waals surface area contributed by atoms with Gasteiger partial charge in [0.25, 0.3) is 0 Å². The number of hydrogen-bond acceptors (Lipinski definition) is 1. The van der Waals surface area contributed by atoms with Crippen LogP contribution in [-0.2, 0) is 0 Å². The summed E-state index contributed by atoms with van der Waals surface area (Å²) in [7, 11) is 0. The lowest BCUT2D eigenvalue weighted by molar-refractivity contribution is 0.355. The number of rotatable bonds is 21. The topological polar surface area (TPSA) is 26.0 Å². The van der Waals surface area contributed by atoms with Gasteiger partial charge in [0.15, 0.2) is 0 Å². The van der Waals surface area contributed by atoms with Crippen LogP contribution in [-0.4, -0.2) is 0 Å². The number of hydrogen-bond donors (Lipinski definition) is 1. The normalized spacial score (nSPS) is 16.2. The van der Waals surface area contributed by atoms with Gasteiger partial charge in [0.05, 0.1) is 0 Å². The molecule has 1 aliphatic rings. The van der Waals surface area contributed by atoms with Crippen LogP contribution in [0.3, 0.4) is 0 Å². The van der Waals surface area contributed by atoms with Gasteiger partial charge in [0, 0.05) is 5.69 Å². The summed E-state index contributed by atoms with van der Waals surface area (Å²) in [5.41, 5.74) is 17.6. The summed E-state index contributed by atoms with van der Waals surface area (Å²) < 4.78 is 0. The predicted molar refractivity (Wildman–Crippen MR) is 258 cm³/mol. The fraction of sp³-hybridized carbons (Fsp3) is 0.322. The Bertz CT molecular complexity index is 2160. The van der Waals surface area contributed by atoms with Crippen LogP contribution in [0.2, 0.25) is 0 Å². The summed E-state index contributed by atoms with van der Waals surface area (Å²) in [6.07, 6.45) is 18.5. The highest BCUT2D eigenvalue weighted by molar-refractivity contribution is 5.41. The van der Waals surface area contributed by atoms with Crippen LogP contribution in [0.5, 0.6) is 0 Å². The smallest absolute Gasteiger partial charge is 0.0314 e. The Hall–Kier alpha value is -5.40. The van der Waals surface area contributed by atoms with Crippen LogP contribution in [0.15, 0.2) is 200 Å². The molecule has 0 bridgehead atoms. The van der Waals surface area contributed by atoms with Crippen molar-refractivity contribution in [2.24, 2.45) is 5.92 Å². The minimum atomic E-state index is 0.368. The highest BCUT2D eigenvalue weighted by atomic mass is 14.5. The largest absolute Gasteiger partial charge is 0.399 e. The van der Waals surface area contributed by atoms with Crippen LogP contribution in [0.25, 0.3) is 0 Å². The molecular formula is C59H67N. The van der Waals surface area contributed by atoms with Crippen molar-refractivity contribution in [2.75, 3.05) is 5.73 Å². The summed E-state index contributed by atoms with van der Waals surface area (Å²) in [6, 6.07) is 65.7. The van der Waals surface area contributed by atoms with E-state index in [0.717, 1.165) is 69.9 Å². The molecule has 0 radical (unpaired) electrons. The first-order valence-corrected chi connectivity index (χ1v) is 23.0. The van der Waals surface area contributed by atoms with Crippen molar-refractivity contribution >= 4 is 5.69 Å². The summed E-state index contributed by atoms with van der Waals surface area (Å²) >= 11 is 0. The van der Waals surface area contributed by atoms with Gasteiger partial charge in [0.2, 0.25) is 0 Å². The Morgan fingerprint density at radius 3 is 0.983 bits per heavy atom. The summed E-state index contributed by atoms with van der Waals surface area (Å²) in [4.78, 5) is 0. The highest BCUT2D eigenvalue weighted by Crippen LogP contribution is 2.47. The fourth-order valence-electron chi connectivity index (χ4n) is 10.4. The molecule has 308 valence electrons. The first-order chi connectivity index (χ1) is 29.6. The van der Waals surface area contributed by atoms with Crippen molar-refractivity contribution in [2.45, 2.75) is 114 Å². The zero-order chi connectivity index (χ0) is 41.4. The molecule has 1 nitrogen and oxygen atoms in total. The molecular weight excluding hydrogens is 723 g/mol. The molecule has 1 aliphatic carbocycles. The van der Waals surface area contributed by atoms with Gasteiger partial charge in [-0.15, -0.1) is 0 Å². The number of nitrogens with two attached hydrogens (primary N) is 1. The monoisotopic (exact) mass is 790 g/mol. The molecule has 6 aromatic carbocycles. The minimum Gasteiger partial charge on any atom is -0.399 e. The van der Waals surface area contributed by atoms with Gasteiger partial charge in [-0.2, -0.15) is 0 Å². The molecule has 7 unspecified atom stereocenters. The van der Waals surface area contributed by atoms with E-state index in [9.17, 15) is 0 Å². The lowest BCUT2D eigenvalue weighted by Crippen LogP contribution is -2.19. The lowest BCUT2D eigenvalue weighted by Gasteiger charge is -2.34. The first kappa shape index (κ1) is 42.7. The molecule has 6 aromatic rings. The SMILES string of the molecule is CCC(CC(CC(CC(CC(CC(CC(CC)c1ccccc1)c1ccccc1)c1ccccc1)c1ccc(N)cc1)C1=CC=CCC1)c1ccccc1)c1ccccc1. The Morgan fingerprint density at radius 2 is 0.667 bits per heavy atom. The third kappa shape index (κ3) is 11.9. The molecule has 0 aromatic heterocycles. The second-order valence-corrected chi connectivity index (χ2v) is 17.5. The van der Waals surface area contributed by atoms with Gasteiger partial charge in [0.1, 0.15) is 0 Å². The zero-order valence-electron chi connectivity index (χ0n) is 36.2. The lowest BCUT2D eigenvalue weighted by atomic mass is 9.70. The van der Waals surface area contributed by atoms with E-state index in [1.807, 2.05) is 0 Å². The summed E-state index contributed by atoms with van der Waals surface area (Å²) in [5, 5.41) is 0. The molecule has 0 spiro atoms. The molecule has 60 heavy (non-hydrogen) atoms. The van der Waals surface area contributed by atoms with Crippen LogP contribution in [0.1, 0.15) is 147 Å². The molecule has 0 saturated heterocycles. The van der Waals surface area contributed by atoms with E-state index in [2.05, 4.69) is 208 Å². The average molecular weight is 790 g/mol. The number of allylic oxidation sites excluding steroid dienone is 4. The molecule has 0 heterocycles. The second-order valence-electron chi connectivity index (χ2n) is 17.5. The quantitative estimate of drug-likeness (QED) is 0.0722. The van der Waals surface area contributed by atoms with Gasteiger partial charge in [-0.1, -0.05) is 201 Å². The maximum absolute atomic E-state index is 6.40. The van der Waals surface area contributed by atoms with Gasteiger partial charge in [-0.3, -0.25) is 0 Å². The molecule has 2 N–H and O–H groups in total. The van der Waals surface area contributed by atoms with Crippen LogP contribution >= 0.6 is 0 Å². The van der Waals surface area contributed by atoms with Crippen molar-refractivity contribution in [1.29, 1.82) is 0 Å². The fourth-order valence-corrected chi connectivity index (χ4v) is 10.4. The third-order valence-corrected chi connectivity index (χ3v) is 13.7. The second kappa shape index (κ2) is 22.3. The molecule has 7 rings (SSSR count). The van der Waals surface area contributed by atoms with Gasteiger partial charge < -0.3 is 5.73 Å². The summed E-state index contributed by atoms with van der Waals surface area (Å²) in [6.45, 7) is 4.74. The van der Waals surface area contributed by atoms with E-state index < -0.39 is 0 Å². The molecule has 7 atom stereocenters. The van der Waals surface area contributed by atoms with Gasteiger partial charge >= 0.3 is 0 Å². The van der Waals surface area contributed by atoms with E-state index in [-0.39, 0.29) is 0 Å². The van der Waals surface area contributed by atoms with E-state index in [4.69, 9.17) is 5.73 Å². The first-order valence-electron chi connectivity index (χ1n) is 23.0. The molecule has 1 heteroatoms. The van der Waals surface area contributed by atoms with Crippen molar-refractivity contribution < 1.29 is 0 Å². The van der Waals surface area contributed by atoms with E-state index >= 15 is 0 Å². The number of nitrogen functional groups attached to an aromatic ring is 1. The maximum Gasteiger partial charge on any atom is 0.0314 e. The van der Waals surface area contributed by atoms with Crippen LogP contribution < -0.4 is 5.73 Å². The predicted octanol–water partition coefficient (Wildman–Crippen LogP) is 16.3. The van der Waals surface area contributed by atoms with Gasteiger partial charge in [-0.05, 0) is 151 Å². The molecule has 0 aliphatic heterocycles. The molecule has 0 amide bonds. The number of benzene rings is 6. The number of anilines is 1. The van der Waals surface area contributed by atoms with Crippen LogP contribution in [0.4, 0.5) is 5.69 Å². The van der Waals surface area contributed by atoms with Crippen molar-refractivity contribution in [3.63, 3.8) is 0 Å². The van der Waals surface area contributed by atoms with Crippen molar-refractivity contribution in [1.82, 2.24) is 0 Å². The minimum absolute atomic E-state index is 0.368. The van der Waals surface area contributed by atoms with Crippen LogP contribution in [0, 0.1) is 5.92 Å². The Labute approximate surface area is 362 Å². The van der Waals surface area contributed by atoms with Gasteiger partial charge in [-0.25, -0.2) is 0 Å². The van der Waals surface area contributed by atoms with E-state index in [1.54, 1.807) is 5.57 Å². The Morgan fingerprint density at radius 1 is 0.367 bits per heavy atom. The Balaban J connectivity index is 1.25. The van der Waals surface area contributed by atoms with E-state index in [1.165, 1.54) is 33.4 Å².